The van der Waals surface area contributed by atoms with E-state index in [0.717, 1.165) is 64.4 Å². The highest BCUT2D eigenvalue weighted by Crippen LogP contribution is 2.13. The molecule has 1 aliphatic rings. The molecule has 2 rings (SSSR count). The van der Waals surface area contributed by atoms with E-state index in [-0.39, 0.29) is 0 Å². The quantitative estimate of drug-likeness (QED) is 0.781. The molecule has 1 atom stereocenters. The molecule has 0 aromatic carbocycles. The van der Waals surface area contributed by atoms with Crippen molar-refractivity contribution in [2.75, 3.05) is 37.7 Å². The topological polar surface area (TPSA) is 63.4 Å². The minimum atomic E-state index is 0.429. The molecule has 1 N–H and O–H groups in total. The third-order valence-corrected chi connectivity index (χ3v) is 3.49. The molecule has 20 heavy (non-hydrogen) atoms. The predicted molar refractivity (Wildman–Crippen MR) is 78.0 cm³/mol. The zero-order valence-corrected chi connectivity index (χ0v) is 12.6. The van der Waals surface area contributed by atoms with Crippen LogP contribution in [0.2, 0.25) is 0 Å². The molecule has 114 valence electrons. The van der Waals surface area contributed by atoms with E-state index in [1.807, 2.05) is 0 Å². The lowest BCUT2D eigenvalue weighted by molar-refractivity contribution is 0.121. The molecule has 1 saturated heterocycles. The Labute approximate surface area is 120 Å². The van der Waals surface area contributed by atoms with Crippen molar-refractivity contribution in [1.82, 2.24) is 15.5 Å². The Hall–Kier alpha value is -1.14. The zero-order chi connectivity index (χ0) is 14.2. The maximum absolute atomic E-state index is 5.39. The van der Waals surface area contributed by atoms with Crippen LogP contribution in [-0.2, 0) is 11.2 Å². The minimum absolute atomic E-state index is 0.429. The van der Waals surface area contributed by atoms with Crippen molar-refractivity contribution in [2.24, 2.45) is 0 Å². The van der Waals surface area contributed by atoms with Gasteiger partial charge in [0.15, 0.2) is 0 Å². The van der Waals surface area contributed by atoms with Crippen molar-refractivity contribution in [3.8, 4) is 0 Å². The first-order chi connectivity index (χ1) is 9.83. The van der Waals surface area contributed by atoms with Crippen LogP contribution in [0.1, 0.15) is 39.0 Å². The van der Waals surface area contributed by atoms with Gasteiger partial charge in [-0.15, -0.1) is 0 Å². The fraction of sp³-hybridized carbons (Fsp3) is 0.857. The third-order valence-electron chi connectivity index (χ3n) is 3.49. The highest BCUT2D eigenvalue weighted by Gasteiger charge is 2.18. The van der Waals surface area contributed by atoms with Crippen molar-refractivity contribution >= 4 is 5.95 Å². The summed E-state index contributed by atoms with van der Waals surface area (Å²) in [5.41, 5.74) is 0. The molecule has 1 aromatic heterocycles. The van der Waals surface area contributed by atoms with E-state index in [2.05, 4.69) is 34.2 Å². The van der Waals surface area contributed by atoms with E-state index >= 15 is 0 Å². The first-order valence-electron chi connectivity index (χ1n) is 7.72. The van der Waals surface area contributed by atoms with Gasteiger partial charge in [-0.25, -0.2) is 0 Å². The van der Waals surface area contributed by atoms with E-state index in [9.17, 15) is 0 Å². The van der Waals surface area contributed by atoms with Crippen LogP contribution in [-0.4, -0.2) is 49.0 Å². The van der Waals surface area contributed by atoms with Gasteiger partial charge in [0.1, 0.15) is 0 Å². The second-order valence-electron chi connectivity index (χ2n) is 5.23. The van der Waals surface area contributed by atoms with Crippen molar-refractivity contribution in [3.63, 3.8) is 0 Å². The summed E-state index contributed by atoms with van der Waals surface area (Å²) < 4.78 is 10.7. The Morgan fingerprint density at radius 1 is 1.25 bits per heavy atom. The van der Waals surface area contributed by atoms with Crippen LogP contribution in [0.25, 0.3) is 0 Å². The highest BCUT2D eigenvalue weighted by molar-refractivity contribution is 5.28. The van der Waals surface area contributed by atoms with Gasteiger partial charge in [-0.2, -0.15) is 4.98 Å². The average molecular weight is 282 g/mol. The summed E-state index contributed by atoms with van der Waals surface area (Å²) in [5.74, 6) is 1.43. The zero-order valence-electron chi connectivity index (χ0n) is 12.6. The lowest BCUT2D eigenvalue weighted by Gasteiger charge is -2.24. The molecule has 0 spiro atoms. The summed E-state index contributed by atoms with van der Waals surface area (Å²) in [5, 5.41) is 7.64. The molecule has 1 aliphatic heterocycles. The summed E-state index contributed by atoms with van der Waals surface area (Å²) in [4.78, 5) is 6.63. The van der Waals surface area contributed by atoms with Gasteiger partial charge >= 0.3 is 0 Å². The van der Waals surface area contributed by atoms with E-state index in [0.29, 0.717) is 12.0 Å². The van der Waals surface area contributed by atoms with E-state index in [1.54, 1.807) is 0 Å². The van der Waals surface area contributed by atoms with Crippen molar-refractivity contribution in [1.29, 1.82) is 0 Å². The number of ether oxygens (including phenoxy) is 1. The molecular formula is C14H26N4O2. The number of morpholine rings is 1. The molecular weight excluding hydrogens is 256 g/mol. The number of anilines is 1. The molecule has 1 unspecified atom stereocenters. The average Bonchev–Trinajstić information content (AvgIpc) is 2.94. The first kappa shape index (κ1) is 15.3. The molecule has 0 aliphatic carbocycles. The van der Waals surface area contributed by atoms with Gasteiger partial charge in [-0.05, 0) is 24.5 Å². The van der Waals surface area contributed by atoms with Gasteiger partial charge in [0.05, 0.1) is 13.2 Å². The number of nitrogens with one attached hydrogen (secondary N) is 1. The number of rotatable bonds is 8. The molecule has 2 heterocycles. The van der Waals surface area contributed by atoms with Crippen LogP contribution in [0.15, 0.2) is 4.52 Å². The SMILES string of the molecule is CCCNC(CCC)Cc1nc(N2CCOCC2)no1. The van der Waals surface area contributed by atoms with Crippen LogP contribution in [0, 0.1) is 0 Å². The monoisotopic (exact) mass is 282 g/mol. The van der Waals surface area contributed by atoms with Gasteiger partial charge < -0.3 is 19.5 Å². The van der Waals surface area contributed by atoms with Crippen LogP contribution in [0.4, 0.5) is 5.95 Å². The number of nitrogens with zero attached hydrogens (tertiary/aromatic N) is 3. The molecule has 0 amide bonds. The minimum Gasteiger partial charge on any atom is -0.378 e. The Morgan fingerprint density at radius 2 is 2.05 bits per heavy atom. The fourth-order valence-electron chi connectivity index (χ4n) is 2.40. The Kier molecular flexibility index (Phi) is 6.26. The van der Waals surface area contributed by atoms with E-state index < -0.39 is 0 Å². The van der Waals surface area contributed by atoms with Gasteiger partial charge in [-0.3, -0.25) is 0 Å². The second-order valence-corrected chi connectivity index (χ2v) is 5.23. The Bertz CT molecular complexity index is 377. The first-order valence-corrected chi connectivity index (χ1v) is 7.72. The second kappa shape index (κ2) is 8.21. The van der Waals surface area contributed by atoms with Crippen molar-refractivity contribution in [2.45, 2.75) is 45.6 Å². The van der Waals surface area contributed by atoms with Crippen LogP contribution >= 0.6 is 0 Å². The van der Waals surface area contributed by atoms with E-state index in [1.165, 1.54) is 0 Å². The van der Waals surface area contributed by atoms with Crippen LogP contribution in [0.5, 0.6) is 0 Å². The van der Waals surface area contributed by atoms with Crippen molar-refractivity contribution < 1.29 is 9.26 Å². The van der Waals surface area contributed by atoms with Crippen LogP contribution in [0.3, 0.4) is 0 Å². The van der Waals surface area contributed by atoms with Gasteiger partial charge in [0, 0.05) is 25.6 Å². The summed E-state index contributed by atoms with van der Waals surface area (Å²) in [7, 11) is 0. The number of hydrogen-bond donors (Lipinski definition) is 1. The van der Waals surface area contributed by atoms with Crippen LogP contribution < -0.4 is 10.2 Å². The van der Waals surface area contributed by atoms with Crippen molar-refractivity contribution in [3.05, 3.63) is 5.89 Å². The number of aromatic nitrogens is 2. The summed E-state index contributed by atoms with van der Waals surface area (Å²) in [6.07, 6.45) is 4.25. The summed E-state index contributed by atoms with van der Waals surface area (Å²) >= 11 is 0. The molecule has 1 aromatic rings. The fourth-order valence-corrected chi connectivity index (χ4v) is 2.40. The normalized spacial score (nSPS) is 17.4. The molecule has 6 heteroatoms. The standard InChI is InChI=1S/C14H26N4O2/c1-3-5-12(15-6-4-2)11-13-16-14(17-20-13)18-7-9-19-10-8-18/h12,15H,3-11H2,1-2H3. The Morgan fingerprint density at radius 3 is 2.75 bits per heavy atom. The highest BCUT2D eigenvalue weighted by atomic mass is 16.5. The maximum atomic E-state index is 5.39. The summed E-state index contributed by atoms with van der Waals surface area (Å²) in [6, 6.07) is 0.429. The largest absolute Gasteiger partial charge is 0.378 e. The lowest BCUT2D eigenvalue weighted by atomic mass is 10.1. The molecule has 0 saturated carbocycles. The smallest absolute Gasteiger partial charge is 0.266 e. The maximum Gasteiger partial charge on any atom is 0.266 e. The van der Waals surface area contributed by atoms with Gasteiger partial charge in [-0.1, -0.05) is 20.3 Å². The Balaban J connectivity index is 1.89. The summed E-state index contributed by atoms with van der Waals surface area (Å²) in [6.45, 7) is 8.57. The number of hydrogen-bond acceptors (Lipinski definition) is 6. The molecule has 0 radical (unpaired) electrons. The van der Waals surface area contributed by atoms with Gasteiger partial charge in [0.25, 0.3) is 5.95 Å². The third kappa shape index (κ3) is 4.45. The molecule has 6 nitrogen and oxygen atoms in total. The molecule has 0 bridgehead atoms. The lowest BCUT2D eigenvalue weighted by Crippen LogP contribution is -2.37. The van der Waals surface area contributed by atoms with E-state index in [4.69, 9.17) is 9.26 Å². The molecule has 1 fully saturated rings. The predicted octanol–water partition coefficient (Wildman–Crippen LogP) is 1.62. The van der Waals surface area contributed by atoms with Gasteiger partial charge in [0.2, 0.25) is 5.89 Å².